The molecule has 0 spiro atoms. The average molecular weight is 224 g/mol. The standard InChI is InChI=1S/C11H20N4O/c1-5-9-7(3)13-15(8(9)4)10(6-2)11(12)14-16/h10,16H,5-6H2,1-4H3,(H2,12,14). The van der Waals surface area contributed by atoms with Crippen molar-refractivity contribution < 1.29 is 5.21 Å². The second-order valence-corrected chi connectivity index (χ2v) is 3.90. The van der Waals surface area contributed by atoms with Gasteiger partial charge in [0.2, 0.25) is 0 Å². The van der Waals surface area contributed by atoms with E-state index in [-0.39, 0.29) is 11.9 Å². The molecular formula is C11H20N4O. The second-order valence-electron chi connectivity index (χ2n) is 3.90. The van der Waals surface area contributed by atoms with Crippen LogP contribution in [-0.2, 0) is 6.42 Å². The summed E-state index contributed by atoms with van der Waals surface area (Å²) in [4.78, 5) is 0. The van der Waals surface area contributed by atoms with Crippen LogP contribution < -0.4 is 5.73 Å². The highest BCUT2D eigenvalue weighted by atomic mass is 16.4. The van der Waals surface area contributed by atoms with Crippen LogP contribution in [0, 0.1) is 13.8 Å². The first kappa shape index (κ1) is 12.5. The molecule has 1 atom stereocenters. The van der Waals surface area contributed by atoms with E-state index in [0.29, 0.717) is 0 Å². The maximum absolute atomic E-state index is 8.74. The zero-order valence-corrected chi connectivity index (χ0v) is 10.4. The van der Waals surface area contributed by atoms with Crippen molar-refractivity contribution in [2.45, 2.75) is 46.6 Å². The van der Waals surface area contributed by atoms with Crippen LogP contribution >= 0.6 is 0 Å². The minimum Gasteiger partial charge on any atom is -0.409 e. The Morgan fingerprint density at radius 3 is 2.50 bits per heavy atom. The van der Waals surface area contributed by atoms with Gasteiger partial charge in [-0.25, -0.2) is 0 Å². The Hall–Kier alpha value is -1.52. The van der Waals surface area contributed by atoms with Gasteiger partial charge >= 0.3 is 0 Å². The fourth-order valence-electron chi connectivity index (χ4n) is 2.09. The molecule has 0 aliphatic carbocycles. The molecule has 0 fully saturated rings. The van der Waals surface area contributed by atoms with Crippen molar-refractivity contribution in [1.29, 1.82) is 0 Å². The van der Waals surface area contributed by atoms with Crippen molar-refractivity contribution in [3.8, 4) is 0 Å². The molecule has 3 N–H and O–H groups in total. The Labute approximate surface area is 95.9 Å². The predicted octanol–water partition coefficient (Wildman–Crippen LogP) is 1.76. The maximum Gasteiger partial charge on any atom is 0.164 e. The van der Waals surface area contributed by atoms with Crippen LogP contribution in [0.15, 0.2) is 5.16 Å². The SMILES string of the molecule is CCc1c(C)nn(C(CC)C(N)=NO)c1C. The summed E-state index contributed by atoms with van der Waals surface area (Å²) >= 11 is 0. The van der Waals surface area contributed by atoms with E-state index in [4.69, 9.17) is 10.9 Å². The van der Waals surface area contributed by atoms with Gasteiger partial charge in [0.1, 0.15) is 6.04 Å². The van der Waals surface area contributed by atoms with Gasteiger partial charge in [-0.1, -0.05) is 19.0 Å². The van der Waals surface area contributed by atoms with Crippen molar-refractivity contribution in [1.82, 2.24) is 9.78 Å². The van der Waals surface area contributed by atoms with Gasteiger partial charge < -0.3 is 10.9 Å². The molecule has 16 heavy (non-hydrogen) atoms. The Morgan fingerprint density at radius 2 is 2.12 bits per heavy atom. The van der Waals surface area contributed by atoms with E-state index in [9.17, 15) is 0 Å². The van der Waals surface area contributed by atoms with E-state index in [1.807, 2.05) is 25.5 Å². The Morgan fingerprint density at radius 1 is 1.50 bits per heavy atom. The molecule has 0 bridgehead atoms. The van der Waals surface area contributed by atoms with E-state index < -0.39 is 0 Å². The van der Waals surface area contributed by atoms with E-state index in [2.05, 4.69) is 17.2 Å². The molecule has 5 nitrogen and oxygen atoms in total. The number of aromatic nitrogens is 2. The third kappa shape index (κ3) is 2.03. The molecule has 1 rings (SSSR count). The second kappa shape index (κ2) is 5.01. The summed E-state index contributed by atoms with van der Waals surface area (Å²) in [7, 11) is 0. The van der Waals surface area contributed by atoms with Crippen LogP contribution in [0.3, 0.4) is 0 Å². The molecule has 1 aromatic rings. The van der Waals surface area contributed by atoms with Crippen molar-refractivity contribution in [3.63, 3.8) is 0 Å². The quantitative estimate of drug-likeness (QED) is 0.354. The number of oxime groups is 1. The third-order valence-electron chi connectivity index (χ3n) is 2.97. The number of nitrogens with two attached hydrogens (primary N) is 1. The maximum atomic E-state index is 8.74. The monoisotopic (exact) mass is 224 g/mol. The summed E-state index contributed by atoms with van der Waals surface area (Å²) in [6.45, 7) is 8.10. The van der Waals surface area contributed by atoms with Crippen molar-refractivity contribution >= 4 is 5.84 Å². The molecule has 0 saturated heterocycles. The Kier molecular flexibility index (Phi) is 3.93. The zero-order valence-electron chi connectivity index (χ0n) is 10.4. The average Bonchev–Trinajstić information content (AvgIpc) is 2.55. The van der Waals surface area contributed by atoms with Gasteiger partial charge in [0, 0.05) is 5.69 Å². The first-order valence-corrected chi connectivity index (χ1v) is 5.58. The number of amidine groups is 1. The lowest BCUT2D eigenvalue weighted by Gasteiger charge is -2.15. The van der Waals surface area contributed by atoms with Crippen LogP contribution in [0.1, 0.15) is 43.3 Å². The van der Waals surface area contributed by atoms with Crippen molar-refractivity contribution in [2.24, 2.45) is 10.9 Å². The van der Waals surface area contributed by atoms with Gasteiger partial charge in [-0.2, -0.15) is 5.10 Å². The van der Waals surface area contributed by atoms with E-state index in [1.54, 1.807) is 0 Å². The smallest absolute Gasteiger partial charge is 0.164 e. The highest BCUT2D eigenvalue weighted by Crippen LogP contribution is 2.20. The van der Waals surface area contributed by atoms with Crippen LogP contribution in [-0.4, -0.2) is 20.8 Å². The minimum absolute atomic E-state index is 0.163. The van der Waals surface area contributed by atoms with Gasteiger partial charge in [-0.15, -0.1) is 0 Å². The first-order valence-electron chi connectivity index (χ1n) is 5.58. The predicted molar refractivity (Wildman–Crippen MR) is 63.8 cm³/mol. The van der Waals surface area contributed by atoms with E-state index in [1.165, 1.54) is 5.56 Å². The summed E-state index contributed by atoms with van der Waals surface area (Å²) in [5.41, 5.74) is 9.02. The molecule has 0 aliphatic heterocycles. The molecule has 0 radical (unpaired) electrons. The summed E-state index contributed by atoms with van der Waals surface area (Å²) < 4.78 is 1.85. The summed E-state index contributed by atoms with van der Waals surface area (Å²) in [5.74, 6) is 0.204. The fraction of sp³-hybridized carbons (Fsp3) is 0.636. The lowest BCUT2D eigenvalue weighted by Crippen LogP contribution is -2.28. The number of hydrogen-bond acceptors (Lipinski definition) is 3. The number of nitrogens with zero attached hydrogens (tertiary/aromatic N) is 3. The molecule has 0 saturated carbocycles. The fourth-order valence-corrected chi connectivity index (χ4v) is 2.09. The molecular weight excluding hydrogens is 204 g/mol. The largest absolute Gasteiger partial charge is 0.409 e. The van der Waals surface area contributed by atoms with Gasteiger partial charge in [0.15, 0.2) is 5.84 Å². The van der Waals surface area contributed by atoms with E-state index >= 15 is 0 Å². The normalized spacial score (nSPS) is 14.1. The third-order valence-corrected chi connectivity index (χ3v) is 2.97. The lowest BCUT2D eigenvalue weighted by atomic mass is 10.1. The molecule has 1 heterocycles. The molecule has 90 valence electrons. The Bertz CT molecular complexity index is 395. The van der Waals surface area contributed by atoms with Crippen LogP contribution in [0.2, 0.25) is 0 Å². The minimum atomic E-state index is -0.163. The molecule has 5 heteroatoms. The number of rotatable bonds is 4. The molecule has 0 aromatic carbocycles. The highest BCUT2D eigenvalue weighted by Gasteiger charge is 2.19. The first-order chi connectivity index (χ1) is 7.56. The van der Waals surface area contributed by atoms with Crippen molar-refractivity contribution in [2.75, 3.05) is 0 Å². The van der Waals surface area contributed by atoms with Crippen LogP contribution in [0.4, 0.5) is 0 Å². The van der Waals surface area contributed by atoms with Crippen LogP contribution in [0.5, 0.6) is 0 Å². The number of hydrogen-bond donors (Lipinski definition) is 2. The zero-order chi connectivity index (χ0) is 12.3. The van der Waals surface area contributed by atoms with Gasteiger partial charge in [0.05, 0.1) is 5.69 Å². The summed E-state index contributed by atoms with van der Waals surface area (Å²) in [5, 5.41) is 16.3. The molecule has 0 amide bonds. The Balaban J connectivity index is 3.21. The highest BCUT2D eigenvalue weighted by molar-refractivity contribution is 5.83. The summed E-state index contributed by atoms with van der Waals surface area (Å²) in [6.07, 6.45) is 1.70. The lowest BCUT2D eigenvalue weighted by molar-refractivity contribution is 0.312. The van der Waals surface area contributed by atoms with Gasteiger partial charge in [-0.3, -0.25) is 4.68 Å². The van der Waals surface area contributed by atoms with Crippen molar-refractivity contribution in [3.05, 3.63) is 17.0 Å². The number of aryl methyl sites for hydroxylation is 1. The molecule has 0 aliphatic rings. The topological polar surface area (TPSA) is 76.4 Å². The van der Waals surface area contributed by atoms with Gasteiger partial charge in [-0.05, 0) is 32.3 Å². The molecule has 1 aromatic heterocycles. The van der Waals surface area contributed by atoms with E-state index in [0.717, 1.165) is 24.2 Å². The molecule has 1 unspecified atom stereocenters. The van der Waals surface area contributed by atoms with Gasteiger partial charge in [0.25, 0.3) is 0 Å². The van der Waals surface area contributed by atoms with Crippen LogP contribution in [0.25, 0.3) is 0 Å². The summed E-state index contributed by atoms with van der Waals surface area (Å²) in [6, 6.07) is -0.163.